The standard InChI is InChI=1S/C23H31NO2/c1-18(2)22(21-17-25-23(3,4)26-21)24(15-19-11-7-5-8-12-19)16-20-13-9-6-10-14-20/h5-14,18,21-22H,15-17H2,1-4H3. The SMILES string of the molecule is CC(C)C(C1COC(C)(C)O1)N(Cc1ccccc1)Cc1ccccc1. The fourth-order valence-electron chi connectivity index (χ4n) is 3.87. The minimum absolute atomic E-state index is 0.0809. The number of nitrogens with zero attached hydrogens (tertiary/aromatic N) is 1. The summed E-state index contributed by atoms with van der Waals surface area (Å²) in [7, 11) is 0. The van der Waals surface area contributed by atoms with Crippen LogP contribution in [0, 0.1) is 5.92 Å². The first-order chi connectivity index (χ1) is 12.4. The number of ether oxygens (including phenoxy) is 2. The van der Waals surface area contributed by atoms with Crippen molar-refractivity contribution in [1.82, 2.24) is 4.90 Å². The Morgan fingerprint density at radius 1 is 0.923 bits per heavy atom. The molecule has 0 saturated carbocycles. The van der Waals surface area contributed by atoms with Gasteiger partial charge in [0.2, 0.25) is 0 Å². The molecule has 0 bridgehead atoms. The smallest absolute Gasteiger partial charge is 0.163 e. The van der Waals surface area contributed by atoms with E-state index in [-0.39, 0.29) is 12.1 Å². The summed E-state index contributed by atoms with van der Waals surface area (Å²) in [6.45, 7) is 11.0. The van der Waals surface area contributed by atoms with Crippen LogP contribution in [-0.4, -0.2) is 29.4 Å². The highest BCUT2D eigenvalue weighted by molar-refractivity contribution is 5.17. The summed E-state index contributed by atoms with van der Waals surface area (Å²) in [5, 5.41) is 0. The summed E-state index contributed by atoms with van der Waals surface area (Å²) in [4.78, 5) is 2.55. The lowest BCUT2D eigenvalue weighted by Crippen LogP contribution is -2.47. The molecule has 1 saturated heterocycles. The summed E-state index contributed by atoms with van der Waals surface area (Å²) in [6, 6.07) is 21.7. The van der Waals surface area contributed by atoms with Crippen molar-refractivity contribution < 1.29 is 9.47 Å². The predicted octanol–water partition coefficient (Wildman–Crippen LogP) is 4.86. The topological polar surface area (TPSA) is 21.7 Å². The van der Waals surface area contributed by atoms with E-state index in [4.69, 9.17) is 9.47 Å². The summed E-state index contributed by atoms with van der Waals surface area (Å²) < 4.78 is 12.2. The Hall–Kier alpha value is -1.68. The molecular formula is C23H31NO2. The maximum atomic E-state index is 6.26. The van der Waals surface area contributed by atoms with E-state index in [0.717, 1.165) is 13.1 Å². The van der Waals surface area contributed by atoms with Crippen LogP contribution >= 0.6 is 0 Å². The Labute approximate surface area is 157 Å². The van der Waals surface area contributed by atoms with Crippen LogP contribution < -0.4 is 0 Å². The van der Waals surface area contributed by atoms with E-state index < -0.39 is 5.79 Å². The minimum Gasteiger partial charge on any atom is -0.348 e. The molecule has 0 amide bonds. The molecule has 3 rings (SSSR count). The molecule has 2 unspecified atom stereocenters. The van der Waals surface area contributed by atoms with Crippen molar-refractivity contribution in [2.75, 3.05) is 6.61 Å². The molecule has 2 aromatic rings. The lowest BCUT2D eigenvalue weighted by molar-refractivity contribution is -0.149. The molecule has 1 aliphatic heterocycles. The Bertz CT molecular complexity index is 628. The van der Waals surface area contributed by atoms with E-state index >= 15 is 0 Å². The normalized spacial score (nSPS) is 20.6. The van der Waals surface area contributed by atoms with Crippen LogP contribution in [0.4, 0.5) is 0 Å². The summed E-state index contributed by atoms with van der Waals surface area (Å²) in [5.41, 5.74) is 2.65. The van der Waals surface area contributed by atoms with Gasteiger partial charge in [-0.1, -0.05) is 74.5 Å². The largest absolute Gasteiger partial charge is 0.348 e. The van der Waals surface area contributed by atoms with Gasteiger partial charge in [-0.2, -0.15) is 0 Å². The van der Waals surface area contributed by atoms with Crippen molar-refractivity contribution in [3.8, 4) is 0 Å². The molecule has 140 valence electrons. The van der Waals surface area contributed by atoms with Gasteiger partial charge in [0.1, 0.15) is 6.10 Å². The van der Waals surface area contributed by atoms with Gasteiger partial charge in [-0.3, -0.25) is 4.90 Å². The molecule has 1 aliphatic rings. The predicted molar refractivity (Wildman–Crippen MR) is 106 cm³/mol. The lowest BCUT2D eigenvalue weighted by atomic mass is 9.95. The molecule has 0 aromatic heterocycles. The molecule has 2 aromatic carbocycles. The Morgan fingerprint density at radius 2 is 1.42 bits per heavy atom. The molecular weight excluding hydrogens is 322 g/mol. The van der Waals surface area contributed by atoms with Crippen molar-refractivity contribution >= 4 is 0 Å². The van der Waals surface area contributed by atoms with E-state index in [2.05, 4.69) is 79.4 Å². The molecule has 0 N–H and O–H groups in total. The average molecular weight is 354 g/mol. The third-order valence-electron chi connectivity index (χ3n) is 4.97. The molecule has 2 atom stereocenters. The highest BCUT2D eigenvalue weighted by atomic mass is 16.7. The zero-order valence-corrected chi connectivity index (χ0v) is 16.4. The summed E-state index contributed by atoms with van der Waals surface area (Å²) in [5.74, 6) is -0.0342. The van der Waals surface area contributed by atoms with Crippen LogP contribution in [0.3, 0.4) is 0 Å². The highest BCUT2D eigenvalue weighted by Gasteiger charge is 2.41. The highest BCUT2D eigenvalue weighted by Crippen LogP contribution is 2.31. The molecule has 3 nitrogen and oxygen atoms in total. The third kappa shape index (κ3) is 4.94. The van der Waals surface area contributed by atoms with Crippen LogP contribution in [-0.2, 0) is 22.6 Å². The van der Waals surface area contributed by atoms with E-state index in [1.807, 2.05) is 13.8 Å². The molecule has 0 aliphatic carbocycles. The minimum atomic E-state index is -0.497. The average Bonchev–Trinajstić information content (AvgIpc) is 2.96. The van der Waals surface area contributed by atoms with Crippen LogP contribution in [0.5, 0.6) is 0 Å². The first-order valence-electron chi connectivity index (χ1n) is 9.58. The first-order valence-corrected chi connectivity index (χ1v) is 9.58. The second kappa shape index (κ2) is 8.34. The van der Waals surface area contributed by atoms with Crippen molar-refractivity contribution in [3.63, 3.8) is 0 Å². The number of hydrogen-bond acceptors (Lipinski definition) is 3. The van der Waals surface area contributed by atoms with Crippen LogP contribution in [0.15, 0.2) is 60.7 Å². The Morgan fingerprint density at radius 3 is 1.81 bits per heavy atom. The van der Waals surface area contributed by atoms with Gasteiger partial charge in [-0.25, -0.2) is 0 Å². The van der Waals surface area contributed by atoms with Gasteiger partial charge in [0, 0.05) is 19.1 Å². The van der Waals surface area contributed by atoms with Crippen molar-refractivity contribution in [3.05, 3.63) is 71.8 Å². The monoisotopic (exact) mass is 353 g/mol. The molecule has 1 fully saturated rings. The first kappa shape index (κ1) is 19.1. The molecule has 1 heterocycles. The number of rotatable bonds is 7. The fourth-order valence-corrected chi connectivity index (χ4v) is 3.87. The molecule has 3 heteroatoms. The van der Waals surface area contributed by atoms with E-state index in [0.29, 0.717) is 12.5 Å². The van der Waals surface area contributed by atoms with Crippen molar-refractivity contribution in [2.24, 2.45) is 5.92 Å². The fraction of sp³-hybridized carbons (Fsp3) is 0.478. The van der Waals surface area contributed by atoms with Gasteiger partial charge >= 0.3 is 0 Å². The van der Waals surface area contributed by atoms with Gasteiger partial charge in [0.25, 0.3) is 0 Å². The van der Waals surface area contributed by atoms with E-state index in [1.165, 1.54) is 11.1 Å². The zero-order valence-electron chi connectivity index (χ0n) is 16.4. The maximum absolute atomic E-state index is 6.26. The number of hydrogen-bond donors (Lipinski definition) is 0. The second-order valence-corrected chi connectivity index (χ2v) is 7.98. The van der Waals surface area contributed by atoms with Gasteiger partial charge in [0.15, 0.2) is 5.79 Å². The zero-order chi connectivity index (χ0) is 18.6. The molecule has 0 radical (unpaired) electrons. The van der Waals surface area contributed by atoms with E-state index in [9.17, 15) is 0 Å². The van der Waals surface area contributed by atoms with Gasteiger partial charge in [-0.15, -0.1) is 0 Å². The molecule has 0 spiro atoms. The van der Waals surface area contributed by atoms with Crippen molar-refractivity contribution in [2.45, 2.75) is 58.7 Å². The van der Waals surface area contributed by atoms with Crippen LogP contribution in [0.25, 0.3) is 0 Å². The van der Waals surface area contributed by atoms with E-state index in [1.54, 1.807) is 0 Å². The maximum Gasteiger partial charge on any atom is 0.163 e. The van der Waals surface area contributed by atoms with Gasteiger partial charge in [-0.05, 0) is 30.9 Å². The third-order valence-corrected chi connectivity index (χ3v) is 4.97. The lowest BCUT2D eigenvalue weighted by Gasteiger charge is -2.38. The van der Waals surface area contributed by atoms with Crippen LogP contribution in [0.2, 0.25) is 0 Å². The van der Waals surface area contributed by atoms with Gasteiger partial charge < -0.3 is 9.47 Å². The van der Waals surface area contributed by atoms with Gasteiger partial charge in [0.05, 0.1) is 6.61 Å². The second-order valence-electron chi connectivity index (χ2n) is 7.98. The summed E-state index contributed by atoms with van der Waals surface area (Å²) >= 11 is 0. The quantitative estimate of drug-likeness (QED) is 0.709. The summed E-state index contributed by atoms with van der Waals surface area (Å²) in [6.07, 6.45) is 0.0809. The number of benzene rings is 2. The molecule has 26 heavy (non-hydrogen) atoms. The Balaban J connectivity index is 1.86. The van der Waals surface area contributed by atoms with Crippen molar-refractivity contribution in [1.29, 1.82) is 0 Å². The Kier molecular flexibility index (Phi) is 6.13. The van der Waals surface area contributed by atoms with Crippen LogP contribution in [0.1, 0.15) is 38.8 Å².